The van der Waals surface area contributed by atoms with Crippen molar-refractivity contribution < 1.29 is 14.7 Å². The molecule has 0 radical (unpaired) electrons. The Morgan fingerprint density at radius 1 is 1.20 bits per heavy atom. The van der Waals surface area contributed by atoms with E-state index in [4.69, 9.17) is 5.11 Å². The Hall–Kier alpha value is -1.98. The molecule has 1 saturated heterocycles. The van der Waals surface area contributed by atoms with Crippen LogP contribution in [-0.2, 0) is 24.2 Å². The molecule has 1 aliphatic heterocycles. The zero-order valence-corrected chi connectivity index (χ0v) is 15.2. The Kier molecular flexibility index (Phi) is 5.66. The van der Waals surface area contributed by atoms with Crippen molar-refractivity contribution in [3.8, 4) is 0 Å². The van der Waals surface area contributed by atoms with E-state index in [9.17, 15) is 9.59 Å². The van der Waals surface area contributed by atoms with E-state index < -0.39 is 0 Å². The maximum Gasteiger partial charge on any atom is 0.227 e. The predicted molar refractivity (Wildman–Crippen MR) is 98.8 cm³/mol. The lowest BCUT2D eigenvalue weighted by Crippen LogP contribution is -2.30. The monoisotopic (exact) mass is 357 g/mol. The van der Waals surface area contributed by atoms with E-state index >= 15 is 0 Å². The molecule has 1 amide bonds. The number of amides is 1. The maximum absolute atomic E-state index is 12.5. The highest BCUT2D eigenvalue weighted by Gasteiger charge is 2.26. The molecule has 0 bridgehead atoms. The molecule has 0 unspecified atom stereocenters. The van der Waals surface area contributed by atoms with Crippen LogP contribution in [0.5, 0.6) is 0 Å². The van der Waals surface area contributed by atoms with Crippen molar-refractivity contribution in [1.82, 2.24) is 4.90 Å². The van der Waals surface area contributed by atoms with Gasteiger partial charge >= 0.3 is 0 Å². The first kappa shape index (κ1) is 17.8. The van der Waals surface area contributed by atoms with Gasteiger partial charge < -0.3 is 10.0 Å². The van der Waals surface area contributed by atoms with Gasteiger partial charge in [0.1, 0.15) is 0 Å². The zero-order valence-electron chi connectivity index (χ0n) is 14.4. The Morgan fingerprint density at radius 3 is 2.56 bits per heavy atom. The normalized spacial score (nSPS) is 17.0. The van der Waals surface area contributed by atoms with Crippen LogP contribution in [-0.4, -0.2) is 34.8 Å². The highest BCUT2D eigenvalue weighted by Crippen LogP contribution is 2.23. The molecule has 0 aliphatic carbocycles. The van der Waals surface area contributed by atoms with E-state index in [2.05, 4.69) is 12.1 Å². The van der Waals surface area contributed by atoms with Gasteiger partial charge in [0.05, 0.1) is 17.9 Å². The van der Waals surface area contributed by atoms with Crippen molar-refractivity contribution in [2.45, 2.75) is 32.8 Å². The van der Waals surface area contributed by atoms with Crippen LogP contribution >= 0.6 is 11.3 Å². The molecule has 132 valence electrons. The number of Topliss-reactive ketones (excluding diaryl/α,β-unsaturated/α-hetero) is 1. The summed E-state index contributed by atoms with van der Waals surface area (Å²) in [4.78, 5) is 26.5. The summed E-state index contributed by atoms with van der Waals surface area (Å²) < 4.78 is 0. The van der Waals surface area contributed by atoms with Gasteiger partial charge in [0.2, 0.25) is 5.91 Å². The molecular formula is C20H23NO3S. The van der Waals surface area contributed by atoms with E-state index in [0.717, 1.165) is 37.1 Å². The van der Waals surface area contributed by atoms with E-state index in [1.165, 1.54) is 16.9 Å². The first-order valence-electron chi connectivity index (χ1n) is 8.60. The molecule has 2 aromatic rings. The van der Waals surface area contributed by atoms with Crippen molar-refractivity contribution in [3.63, 3.8) is 0 Å². The Labute approximate surface area is 152 Å². The lowest BCUT2D eigenvalue weighted by atomic mass is 9.98. The molecule has 1 fully saturated rings. The third-order valence-corrected chi connectivity index (χ3v) is 5.80. The van der Waals surface area contributed by atoms with Crippen LogP contribution in [0.15, 0.2) is 35.7 Å². The fourth-order valence-corrected chi connectivity index (χ4v) is 4.09. The van der Waals surface area contributed by atoms with Gasteiger partial charge in [-0.3, -0.25) is 9.59 Å². The molecule has 1 aromatic heterocycles. The molecular weight excluding hydrogens is 334 g/mol. The first-order chi connectivity index (χ1) is 12.0. The zero-order chi connectivity index (χ0) is 17.8. The maximum atomic E-state index is 12.5. The predicted octanol–water partition coefficient (Wildman–Crippen LogP) is 3.08. The van der Waals surface area contributed by atoms with E-state index in [1.54, 1.807) is 6.92 Å². The van der Waals surface area contributed by atoms with Crippen molar-refractivity contribution in [3.05, 3.63) is 57.3 Å². The van der Waals surface area contributed by atoms with Crippen LogP contribution in [0.3, 0.4) is 0 Å². The van der Waals surface area contributed by atoms with Crippen molar-refractivity contribution in [2.24, 2.45) is 5.92 Å². The van der Waals surface area contributed by atoms with Crippen LogP contribution in [0.1, 0.15) is 39.7 Å². The summed E-state index contributed by atoms with van der Waals surface area (Å²) in [6, 6.07) is 9.86. The van der Waals surface area contributed by atoms with Gasteiger partial charge in [-0.05, 0) is 53.8 Å². The number of rotatable bonds is 6. The third kappa shape index (κ3) is 4.55. The Bertz CT molecular complexity index is 751. The summed E-state index contributed by atoms with van der Waals surface area (Å²) >= 11 is 1.41. The van der Waals surface area contributed by atoms with Gasteiger partial charge in [-0.25, -0.2) is 0 Å². The number of aliphatic hydroxyl groups is 1. The molecule has 0 saturated carbocycles. The van der Waals surface area contributed by atoms with Gasteiger partial charge in [0.15, 0.2) is 5.78 Å². The molecule has 2 heterocycles. The fourth-order valence-electron chi connectivity index (χ4n) is 3.28. The quantitative estimate of drug-likeness (QED) is 0.809. The van der Waals surface area contributed by atoms with Crippen molar-refractivity contribution in [1.29, 1.82) is 0 Å². The summed E-state index contributed by atoms with van der Waals surface area (Å²) in [7, 11) is 0. The van der Waals surface area contributed by atoms with Gasteiger partial charge in [0.25, 0.3) is 0 Å². The number of ketones is 1. The summed E-state index contributed by atoms with van der Waals surface area (Å²) in [6.07, 6.45) is 2.36. The van der Waals surface area contributed by atoms with Crippen LogP contribution in [0.4, 0.5) is 0 Å². The number of hydrogen-bond acceptors (Lipinski definition) is 4. The number of carbonyl (C=O) groups excluding carboxylic acids is 2. The molecule has 1 atom stereocenters. The molecule has 5 heteroatoms. The average molecular weight is 357 g/mol. The molecule has 1 aliphatic rings. The average Bonchev–Trinajstić information content (AvgIpc) is 3.25. The smallest absolute Gasteiger partial charge is 0.227 e. The topological polar surface area (TPSA) is 57.6 Å². The van der Waals surface area contributed by atoms with Crippen molar-refractivity contribution in [2.75, 3.05) is 13.1 Å². The largest absolute Gasteiger partial charge is 0.392 e. The number of benzene rings is 1. The summed E-state index contributed by atoms with van der Waals surface area (Å²) in [6.45, 7) is 3.22. The number of likely N-dealkylation sites (tertiary alicyclic amines) is 1. The van der Waals surface area contributed by atoms with Gasteiger partial charge in [0, 0.05) is 13.1 Å². The molecule has 25 heavy (non-hydrogen) atoms. The highest BCUT2D eigenvalue weighted by molar-refractivity contribution is 7.12. The highest BCUT2D eigenvalue weighted by atomic mass is 32.1. The SMILES string of the molecule is CC(=O)c1cc(CC(=O)N2CC[C@@H](Cc3ccc(CO)cc3)C2)cs1. The molecule has 1 aromatic carbocycles. The van der Waals surface area contributed by atoms with Crippen LogP contribution in [0.25, 0.3) is 0 Å². The van der Waals surface area contributed by atoms with Crippen molar-refractivity contribution >= 4 is 23.0 Å². The second-order valence-electron chi connectivity index (χ2n) is 6.73. The Balaban J connectivity index is 1.52. The lowest BCUT2D eigenvalue weighted by molar-refractivity contribution is -0.129. The van der Waals surface area contributed by atoms with E-state index in [0.29, 0.717) is 17.2 Å². The van der Waals surface area contributed by atoms with Crippen LogP contribution in [0, 0.1) is 5.92 Å². The second kappa shape index (κ2) is 7.93. The number of thiophene rings is 1. The molecule has 3 rings (SSSR count). The van der Waals surface area contributed by atoms with E-state index in [-0.39, 0.29) is 18.3 Å². The second-order valence-corrected chi connectivity index (χ2v) is 7.64. The number of hydrogen-bond donors (Lipinski definition) is 1. The third-order valence-electron chi connectivity index (χ3n) is 4.72. The summed E-state index contributed by atoms with van der Waals surface area (Å²) in [5.74, 6) is 0.683. The summed E-state index contributed by atoms with van der Waals surface area (Å²) in [5, 5.41) is 11.0. The number of nitrogens with zero attached hydrogens (tertiary/aromatic N) is 1. The lowest BCUT2D eigenvalue weighted by Gasteiger charge is -2.16. The van der Waals surface area contributed by atoms with E-state index in [1.807, 2.05) is 28.5 Å². The van der Waals surface area contributed by atoms with Gasteiger partial charge in [-0.1, -0.05) is 24.3 Å². The number of aliphatic hydroxyl groups excluding tert-OH is 1. The van der Waals surface area contributed by atoms with Crippen LogP contribution in [0.2, 0.25) is 0 Å². The number of carbonyl (C=O) groups is 2. The minimum atomic E-state index is 0.0529. The first-order valence-corrected chi connectivity index (χ1v) is 9.48. The fraction of sp³-hybridized carbons (Fsp3) is 0.400. The molecule has 0 spiro atoms. The Morgan fingerprint density at radius 2 is 1.92 bits per heavy atom. The van der Waals surface area contributed by atoms with Crippen LogP contribution < -0.4 is 0 Å². The molecule has 4 nitrogen and oxygen atoms in total. The van der Waals surface area contributed by atoms with Gasteiger partial charge in [-0.2, -0.15) is 0 Å². The van der Waals surface area contributed by atoms with Gasteiger partial charge in [-0.15, -0.1) is 11.3 Å². The molecule has 1 N–H and O–H groups in total. The minimum absolute atomic E-state index is 0.0529. The standard InChI is InChI=1S/C20H23NO3S/c1-14(23)19-9-18(13-25-19)10-20(24)21-7-6-17(11-21)8-15-2-4-16(12-22)5-3-15/h2-5,9,13,17,22H,6-8,10-12H2,1H3/t17-/m0/s1. The summed E-state index contributed by atoms with van der Waals surface area (Å²) in [5.41, 5.74) is 3.11. The minimum Gasteiger partial charge on any atom is -0.392 e.